The monoisotopic (exact) mass is 271 g/mol. The Balaban J connectivity index is 2.89. The predicted molar refractivity (Wildman–Crippen MR) is 73.0 cm³/mol. The standard InChI is InChI=1S/C13H25N3O3/c1-4-13(5-2,10(14)16-18)11(17)15-12(3)7-6-8-19-9-12/h18H,4-9H2,1-3H3,(H2,14,16)(H,15,17). The molecule has 1 aliphatic rings. The number of oxime groups is 1. The van der Waals surface area contributed by atoms with Crippen LogP contribution in [-0.2, 0) is 9.53 Å². The second-order valence-electron chi connectivity index (χ2n) is 5.45. The number of rotatable bonds is 5. The lowest BCUT2D eigenvalue weighted by Gasteiger charge is -2.38. The summed E-state index contributed by atoms with van der Waals surface area (Å²) in [4.78, 5) is 12.6. The van der Waals surface area contributed by atoms with Crippen LogP contribution in [0.3, 0.4) is 0 Å². The molecule has 4 N–H and O–H groups in total. The van der Waals surface area contributed by atoms with Crippen molar-refractivity contribution in [2.24, 2.45) is 16.3 Å². The Morgan fingerprint density at radius 3 is 2.58 bits per heavy atom. The van der Waals surface area contributed by atoms with Gasteiger partial charge in [-0.05, 0) is 32.6 Å². The van der Waals surface area contributed by atoms with Crippen LogP contribution in [0.15, 0.2) is 5.16 Å². The summed E-state index contributed by atoms with van der Waals surface area (Å²) in [5, 5.41) is 15.0. The molecular weight excluding hydrogens is 246 g/mol. The number of ether oxygens (including phenoxy) is 1. The number of carbonyl (C=O) groups is 1. The Morgan fingerprint density at radius 2 is 2.16 bits per heavy atom. The molecule has 0 saturated carbocycles. The molecule has 1 amide bonds. The van der Waals surface area contributed by atoms with E-state index in [9.17, 15) is 4.79 Å². The van der Waals surface area contributed by atoms with Gasteiger partial charge in [0, 0.05) is 6.61 Å². The average Bonchev–Trinajstić information content (AvgIpc) is 2.40. The zero-order chi connectivity index (χ0) is 14.5. The van der Waals surface area contributed by atoms with E-state index < -0.39 is 5.41 Å². The first kappa shape index (κ1) is 15.8. The molecule has 0 aromatic rings. The first-order valence-electron chi connectivity index (χ1n) is 6.82. The van der Waals surface area contributed by atoms with Crippen LogP contribution >= 0.6 is 0 Å². The molecule has 1 unspecified atom stereocenters. The fourth-order valence-electron chi connectivity index (χ4n) is 2.57. The van der Waals surface area contributed by atoms with Crippen LogP contribution < -0.4 is 11.1 Å². The normalized spacial score (nSPS) is 25.1. The van der Waals surface area contributed by atoms with Gasteiger partial charge in [-0.25, -0.2) is 0 Å². The second-order valence-corrected chi connectivity index (χ2v) is 5.45. The summed E-state index contributed by atoms with van der Waals surface area (Å²) < 4.78 is 5.43. The van der Waals surface area contributed by atoms with E-state index in [-0.39, 0.29) is 17.3 Å². The van der Waals surface area contributed by atoms with Crippen molar-refractivity contribution in [1.29, 1.82) is 0 Å². The second kappa shape index (κ2) is 6.23. The molecule has 1 atom stereocenters. The van der Waals surface area contributed by atoms with Gasteiger partial charge < -0.3 is 21.0 Å². The number of nitrogens with one attached hydrogen (secondary N) is 1. The molecule has 6 heteroatoms. The summed E-state index contributed by atoms with van der Waals surface area (Å²) in [6.07, 6.45) is 2.77. The number of hydrogen-bond donors (Lipinski definition) is 3. The Hall–Kier alpha value is -1.30. The maximum atomic E-state index is 12.6. The molecule has 110 valence electrons. The highest BCUT2D eigenvalue weighted by atomic mass is 16.5. The number of nitrogens with zero attached hydrogens (tertiary/aromatic N) is 1. The SMILES string of the molecule is CCC(CC)(C(=O)NC1(C)CCCOC1)C(N)=NO. The van der Waals surface area contributed by atoms with Crippen molar-refractivity contribution < 1.29 is 14.7 Å². The third kappa shape index (κ3) is 3.18. The summed E-state index contributed by atoms with van der Waals surface area (Å²) >= 11 is 0. The van der Waals surface area contributed by atoms with Gasteiger partial charge in [0.05, 0.1) is 12.1 Å². The molecule has 0 spiro atoms. The molecule has 0 aromatic carbocycles. The molecule has 1 saturated heterocycles. The Bertz CT molecular complexity index is 345. The van der Waals surface area contributed by atoms with Crippen LogP contribution in [0.2, 0.25) is 0 Å². The van der Waals surface area contributed by atoms with Crippen LogP contribution in [0.25, 0.3) is 0 Å². The van der Waals surface area contributed by atoms with E-state index in [0.29, 0.717) is 19.4 Å². The predicted octanol–water partition coefficient (Wildman–Crippen LogP) is 1.22. The first-order chi connectivity index (χ1) is 8.94. The maximum Gasteiger partial charge on any atom is 0.234 e. The van der Waals surface area contributed by atoms with Crippen molar-refractivity contribution in [3.8, 4) is 0 Å². The van der Waals surface area contributed by atoms with Crippen molar-refractivity contribution in [1.82, 2.24) is 5.32 Å². The Labute approximate surface area is 114 Å². The van der Waals surface area contributed by atoms with Crippen molar-refractivity contribution in [2.45, 2.75) is 52.0 Å². The largest absolute Gasteiger partial charge is 0.409 e. The minimum Gasteiger partial charge on any atom is -0.409 e. The van der Waals surface area contributed by atoms with Gasteiger partial charge in [-0.3, -0.25) is 4.79 Å². The molecule has 0 aliphatic carbocycles. The van der Waals surface area contributed by atoms with E-state index in [1.165, 1.54) is 0 Å². The van der Waals surface area contributed by atoms with Crippen LogP contribution in [0.1, 0.15) is 46.5 Å². The number of hydrogen-bond acceptors (Lipinski definition) is 4. The third-order valence-electron chi connectivity index (χ3n) is 4.09. The maximum absolute atomic E-state index is 12.6. The molecule has 6 nitrogen and oxygen atoms in total. The van der Waals surface area contributed by atoms with E-state index in [0.717, 1.165) is 19.4 Å². The van der Waals surface area contributed by atoms with Gasteiger partial charge in [0.1, 0.15) is 5.41 Å². The van der Waals surface area contributed by atoms with E-state index in [2.05, 4.69) is 10.5 Å². The number of nitrogens with two attached hydrogens (primary N) is 1. The quantitative estimate of drug-likeness (QED) is 0.303. The van der Waals surface area contributed by atoms with Gasteiger partial charge in [0.25, 0.3) is 0 Å². The van der Waals surface area contributed by atoms with Crippen molar-refractivity contribution >= 4 is 11.7 Å². The van der Waals surface area contributed by atoms with Crippen molar-refractivity contribution in [3.63, 3.8) is 0 Å². The molecule has 0 bridgehead atoms. The van der Waals surface area contributed by atoms with Crippen molar-refractivity contribution in [2.75, 3.05) is 13.2 Å². The number of amidine groups is 1. The summed E-state index contributed by atoms with van der Waals surface area (Å²) in [5.74, 6) is -0.226. The highest BCUT2D eigenvalue weighted by molar-refractivity contribution is 6.06. The van der Waals surface area contributed by atoms with Gasteiger partial charge in [-0.2, -0.15) is 0 Å². The first-order valence-corrected chi connectivity index (χ1v) is 6.82. The molecule has 1 fully saturated rings. The van der Waals surface area contributed by atoms with Crippen LogP contribution in [-0.4, -0.2) is 35.7 Å². The average molecular weight is 271 g/mol. The lowest BCUT2D eigenvalue weighted by molar-refractivity contribution is -0.131. The molecule has 19 heavy (non-hydrogen) atoms. The summed E-state index contributed by atoms with van der Waals surface area (Å²) in [6.45, 7) is 6.92. The topological polar surface area (TPSA) is 96.9 Å². The summed E-state index contributed by atoms with van der Waals surface area (Å²) in [6, 6.07) is 0. The Morgan fingerprint density at radius 1 is 1.53 bits per heavy atom. The van der Waals surface area contributed by atoms with E-state index in [4.69, 9.17) is 15.7 Å². The van der Waals surface area contributed by atoms with Gasteiger partial charge >= 0.3 is 0 Å². The molecule has 0 radical (unpaired) electrons. The zero-order valence-electron chi connectivity index (χ0n) is 12.0. The van der Waals surface area contributed by atoms with Crippen LogP contribution in [0.4, 0.5) is 0 Å². The molecule has 1 heterocycles. The van der Waals surface area contributed by atoms with E-state index in [1.807, 2.05) is 20.8 Å². The molecular formula is C13H25N3O3. The van der Waals surface area contributed by atoms with Crippen molar-refractivity contribution in [3.05, 3.63) is 0 Å². The summed E-state index contributed by atoms with van der Waals surface area (Å²) in [7, 11) is 0. The minimum atomic E-state index is -0.949. The fourth-order valence-corrected chi connectivity index (χ4v) is 2.57. The Kier molecular flexibility index (Phi) is 5.17. The van der Waals surface area contributed by atoms with Gasteiger partial charge in [-0.15, -0.1) is 0 Å². The van der Waals surface area contributed by atoms with Crippen LogP contribution in [0, 0.1) is 5.41 Å². The van der Waals surface area contributed by atoms with E-state index >= 15 is 0 Å². The van der Waals surface area contributed by atoms with Gasteiger partial charge in [-0.1, -0.05) is 19.0 Å². The zero-order valence-corrected chi connectivity index (χ0v) is 12.0. The molecule has 1 aliphatic heterocycles. The molecule has 0 aromatic heterocycles. The van der Waals surface area contributed by atoms with Gasteiger partial charge in [0.15, 0.2) is 5.84 Å². The van der Waals surface area contributed by atoms with E-state index in [1.54, 1.807) is 0 Å². The minimum absolute atomic E-state index is 0.0321. The third-order valence-corrected chi connectivity index (χ3v) is 4.09. The highest BCUT2D eigenvalue weighted by Crippen LogP contribution is 2.29. The lowest BCUT2D eigenvalue weighted by atomic mass is 9.79. The highest BCUT2D eigenvalue weighted by Gasteiger charge is 2.43. The summed E-state index contributed by atoms with van der Waals surface area (Å²) in [5.41, 5.74) is 4.41. The number of carbonyl (C=O) groups excluding carboxylic acids is 1. The smallest absolute Gasteiger partial charge is 0.234 e. The number of amides is 1. The van der Waals surface area contributed by atoms with Crippen LogP contribution in [0.5, 0.6) is 0 Å². The fraction of sp³-hybridized carbons (Fsp3) is 0.846. The lowest BCUT2D eigenvalue weighted by Crippen LogP contribution is -2.58. The van der Waals surface area contributed by atoms with Gasteiger partial charge in [0.2, 0.25) is 5.91 Å². The molecule has 1 rings (SSSR count).